The molecule has 0 aliphatic carbocycles. The Morgan fingerprint density at radius 2 is 0.847 bits per heavy atom. The first-order valence-electron chi connectivity index (χ1n) is 18.8. The Morgan fingerprint density at radius 1 is 0.542 bits per heavy atom. The van der Waals surface area contributed by atoms with E-state index < -0.39 is 35.9 Å². The first-order valence-corrected chi connectivity index (χ1v) is 22.5. The molecule has 0 radical (unpaired) electrons. The average molecular weight is 897 g/mol. The van der Waals surface area contributed by atoms with Crippen molar-refractivity contribution in [2.75, 3.05) is 24.6 Å². The first-order chi connectivity index (χ1) is 27.9. The van der Waals surface area contributed by atoms with Crippen molar-refractivity contribution in [2.45, 2.75) is 59.1 Å². The zero-order valence-electron chi connectivity index (χ0n) is 32.8. The van der Waals surface area contributed by atoms with E-state index in [-0.39, 0.29) is 70.3 Å². The van der Waals surface area contributed by atoms with Crippen LogP contribution in [0.25, 0.3) is 0 Å². The van der Waals surface area contributed by atoms with Gasteiger partial charge in [-0.2, -0.15) is 0 Å². The number of amides is 2. The Labute approximate surface area is 392 Å². The summed E-state index contributed by atoms with van der Waals surface area (Å²) in [5.74, 6) is -3.26. The molecule has 0 bridgehead atoms. The number of thioether (sulfide) groups is 4. The standard InChI is InChI=1S/2C22H23NO4S2.Ca/c2*1-15(14-28-22(27)16-8-4-2-5-9-16)20(24)23-13-18(12-19(23)21(25)26)29-17-10-6-3-7-11-17;/h2*2-11,15,18-19H,12-14H2,1H3,(H,25,26);/q;;+2/p-2/t2*15-,18+,19?;/m11./s1. The van der Waals surface area contributed by atoms with Gasteiger partial charge in [0.2, 0.25) is 22.0 Å². The Bertz CT molecular complexity index is 1870. The van der Waals surface area contributed by atoms with Crippen molar-refractivity contribution in [3.05, 3.63) is 132 Å². The summed E-state index contributed by atoms with van der Waals surface area (Å²) in [4.78, 5) is 78.5. The van der Waals surface area contributed by atoms with Crippen LogP contribution in [0, 0.1) is 11.8 Å². The van der Waals surface area contributed by atoms with Crippen molar-refractivity contribution in [1.29, 1.82) is 0 Å². The SMILES string of the molecule is C[C@H](CSC(=O)c1ccccc1)C(=O)N1C[C@@H](Sc2ccccc2)CC1C(=O)[O-].C[C@H](CSC(=O)c1ccccc1)C(=O)N1C[C@@H](Sc2ccccc2)CC1C(=O)[O-].[Ca+2]. The molecule has 4 aromatic rings. The Balaban J connectivity index is 0.000000256. The molecule has 304 valence electrons. The molecule has 0 saturated carbocycles. The maximum Gasteiger partial charge on any atom is 2.00 e. The normalized spacial score (nSPS) is 19.4. The molecule has 4 aromatic carbocycles. The number of likely N-dealkylation sites (tertiary alicyclic amines) is 2. The number of rotatable bonds is 14. The Morgan fingerprint density at radius 3 is 1.15 bits per heavy atom. The molecule has 2 aliphatic rings. The fraction of sp³-hybridized carbons (Fsp3) is 0.318. The summed E-state index contributed by atoms with van der Waals surface area (Å²) in [6.45, 7) is 4.19. The smallest absolute Gasteiger partial charge is 0.548 e. The van der Waals surface area contributed by atoms with Gasteiger partial charge in [0.1, 0.15) is 0 Å². The molecule has 6 atom stereocenters. The summed E-state index contributed by atoms with van der Waals surface area (Å²) >= 11 is 5.32. The van der Waals surface area contributed by atoms with E-state index in [0.29, 0.717) is 48.6 Å². The van der Waals surface area contributed by atoms with Gasteiger partial charge in [-0.15, -0.1) is 23.5 Å². The van der Waals surface area contributed by atoms with Crippen LogP contribution in [0.1, 0.15) is 47.4 Å². The van der Waals surface area contributed by atoms with E-state index >= 15 is 0 Å². The third kappa shape index (κ3) is 14.4. The monoisotopic (exact) mass is 896 g/mol. The third-order valence-corrected chi connectivity index (χ3v) is 14.3. The van der Waals surface area contributed by atoms with Gasteiger partial charge in [-0.3, -0.25) is 19.2 Å². The second-order valence-electron chi connectivity index (χ2n) is 14.0. The Kier molecular flexibility index (Phi) is 19.9. The second kappa shape index (κ2) is 24.3. The van der Waals surface area contributed by atoms with Crippen LogP contribution in [0.15, 0.2) is 131 Å². The Hall–Kier alpha value is -3.24. The van der Waals surface area contributed by atoms with E-state index in [1.165, 1.54) is 9.80 Å². The fourth-order valence-corrected chi connectivity index (χ4v) is 10.6. The molecule has 10 nitrogen and oxygen atoms in total. The summed E-state index contributed by atoms with van der Waals surface area (Å²) < 4.78 is 0. The van der Waals surface area contributed by atoms with Crippen molar-refractivity contribution in [3.63, 3.8) is 0 Å². The number of carbonyl (C=O) groups excluding carboxylic acids is 6. The van der Waals surface area contributed by atoms with Crippen LogP contribution in [0.3, 0.4) is 0 Å². The summed E-state index contributed by atoms with van der Waals surface area (Å²) in [5.41, 5.74) is 1.18. The molecule has 15 heteroatoms. The van der Waals surface area contributed by atoms with Crippen molar-refractivity contribution >= 4 is 119 Å². The molecule has 6 rings (SSSR count). The van der Waals surface area contributed by atoms with Crippen LogP contribution in [0.2, 0.25) is 0 Å². The zero-order chi connectivity index (χ0) is 41.6. The zero-order valence-corrected chi connectivity index (χ0v) is 38.2. The molecular weight excluding hydrogens is 853 g/mol. The van der Waals surface area contributed by atoms with Gasteiger partial charge in [0, 0.05) is 67.8 Å². The van der Waals surface area contributed by atoms with Crippen LogP contribution in [-0.2, 0) is 19.2 Å². The van der Waals surface area contributed by atoms with Crippen LogP contribution in [0.4, 0.5) is 0 Å². The summed E-state index contributed by atoms with van der Waals surface area (Å²) in [6.07, 6.45) is 0.715. The van der Waals surface area contributed by atoms with Crippen LogP contribution < -0.4 is 10.2 Å². The van der Waals surface area contributed by atoms with Gasteiger partial charge in [-0.1, -0.05) is 134 Å². The van der Waals surface area contributed by atoms with Gasteiger partial charge in [0.05, 0.1) is 24.0 Å². The number of hydrogen-bond acceptors (Lipinski definition) is 12. The number of nitrogens with zero attached hydrogens (tertiary/aromatic N) is 2. The molecule has 0 N–H and O–H groups in total. The van der Waals surface area contributed by atoms with E-state index in [4.69, 9.17) is 0 Å². The van der Waals surface area contributed by atoms with Gasteiger partial charge >= 0.3 is 37.7 Å². The largest absolute Gasteiger partial charge is 2.00 e. The van der Waals surface area contributed by atoms with Crippen LogP contribution in [-0.4, -0.2) is 129 Å². The molecule has 59 heavy (non-hydrogen) atoms. The molecule has 0 aromatic heterocycles. The van der Waals surface area contributed by atoms with Crippen molar-refractivity contribution in [1.82, 2.24) is 9.80 Å². The number of carboxylic acid groups (broad SMARTS) is 2. The third-order valence-electron chi connectivity index (χ3n) is 9.52. The molecule has 2 aliphatic heterocycles. The fourth-order valence-electron chi connectivity index (χ4n) is 6.51. The van der Waals surface area contributed by atoms with E-state index in [0.717, 1.165) is 33.3 Å². The quantitative estimate of drug-likeness (QED) is 0.156. The predicted octanol–water partition coefficient (Wildman–Crippen LogP) is 5.03. The van der Waals surface area contributed by atoms with Gasteiger partial charge in [0.15, 0.2) is 0 Å². The number of hydrogen-bond donors (Lipinski definition) is 0. The van der Waals surface area contributed by atoms with Crippen LogP contribution in [0.5, 0.6) is 0 Å². The maximum absolute atomic E-state index is 12.9. The van der Waals surface area contributed by atoms with E-state index in [1.807, 2.05) is 72.8 Å². The van der Waals surface area contributed by atoms with Gasteiger partial charge in [0.25, 0.3) is 0 Å². The van der Waals surface area contributed by atoms with Crippen molar-refractivity contribution in [3.8, 4) is 0 Å². The van der Waals surface area contributed by atoms with Crippen molar-refractivity contribution in [2.24, 2.45) is 11.8 Å². The van der Waals surface area contributed by atoms with E-state index in [2.05, 4.69) is 0 Å². The number of carboxylic acids is 2. The molecule has 2 unspecified atom stereocenters. The molecule has 2 fully saturated rings. The number of benzene rings is 4. The van der Waals surface area contributed by atoms with E-state index in [1.54, 1.807) is 85.9 Å². The second-order valence-corrected chi connectivity index (χ2v) is 18.7. The average Bonchev–Trinajstić information content (AvgIpc) is 3.87. The first kappa shape index (κ1) is 48.4. The molecule has 2 saturated heterocycles. The summed E-state index contributed by atoms with van der Waals surface area (Å²) in [7, 11) is 0. The minimum absolute atomic E-state index is 0. The maximum atomic E-state index is 12.9. The summed E-state index contributed by atoms with van der Waals surface area (Å²) in [5, 5.41) is 23.0. The van der Waals surface area contributed by atoms with Gasteiger partial charge in [-0.25, -0.2) is 0 Å². The minimum atomic E-state index is -1.23. The predicted molar refractivity (Wildman–Crippen MR) is 233 cm³/mol. The molecule has 2 amide bonds. The molecule has 0 spiro atoms. The minimum Gasteiger partial charge on any atom is -0.548 e. The number of aliphatic carboxylic acids is 2. The van der Waals surface area contributed by atoms with Crippen molar-refractivity contribution < 1.29 is 39.0 Å². The topological polar surface area (TPSA) is 155 Å². The van der Waals surface area contributed by atoms with E-state index in [9.17, 15) is 39.0 Å². The van der Waals surface area contributed by atoms with Crippen LogP contribution >= 0.6 is 47.0 Å². The number of carbonyl (C=O) groups is 6. The van der Waals surface area contributed by atoms with Gasteiger partial charge < -0.3 is 29.6 Å². The van der Waals surface area contributed by atoms with Gasteiger partial charge in [-0.05, 0) is 37.1 Å². The molecule has 2 heterocycles. The molecular formula is C44H44CaN2O8S4. The summed E-state index contributed by atoms with van der Waals surface area (Å²) in [6, 6.07) is 35.4.